The highest BCUT2D eigenvalue weighted by Gasteiger charge is 2.36. The molecule has 0 aliphatic carbocycles. The van der Waals surface area contributed by atoms with E-state index in [1.165, 1.54) is 4.31 Å². The van der Waals surface area contributed by atoms with E-state index in [9.17, 15) is 21.6 Å². The summed E-state index contributed by atoms with van der Waals surface area (Å²) in [4.78, 5) is -0.492. The summed E-state index contributed by atoms with van der Waals surface area (Å²) in [6.45, 7) is 1.21. The fourth-order valence-electron chi connectivity index (χ4n) is 2.49. The van der Waals surface area contributed by atoms with Crippen LogP contribution in [0.25, 0.3) is 0 Å². The third-order valence-corrected chi connectivity index (χ3v) is 5.96. The normalized spacial score (nSPS) is 19.6. The van der Waals surface area contributed by atoms with Crippen LogP contribution in [-0.2, 0) is 16.2 Å². The molecule has 4 nitrogen and oxygen atoms in total. The fourth-order valence-corrected chi connectivity index (χ4v) is 4.52. The highest BCUT2D eigenvalue weighted by molar-refractivity contribution is 7.89. The molecule has 132 valence electrons. The minimum absolute atomic E-state index is 0. The van der Waals surface area contributed by atoms with Crippen molar-refractivity contribution in [1.82, 2.24) is 9.62 Å². The van der Waals surface area contributed by atoms with Crippen LogP contribution in [0.2, 0.25) is 5.02 Å². The van der Waals surface area contributed by atoms with E-state index in [-0.39, 0.29) is 36.4 Å². The Morgan fingerprint density at radius 3 is 2.61 bits per heavy atom. The Morgan fingerprint density at radius 1 is 1.39 bits per heavy atom. The number of alkyl halides is 3. The van der Waals surface area contributed by atoms with E-state index in [0.29, 0.717) is 19.0 Å². The first-order valence-electron chi connectivity index (χ1n) is 6.67. The van der Waals surface area contributed by atoms with Crippen LogP contribution in [0.1, 0.15) is 12.0 Å². The number of hydrogen-bond donors (Lipinski definition) is 1. The number of rotatable bonds is 4. The molecule has 0 spiro atoms. The van der Waals surface area contributed by atoms with Crippen LogP contribution in [0.4, 0.5) is 13.2 Å². The van der Waals surface area contributed by atoms with Crippen molar-refractivity contribution in [2.75, 3.05) is 26.7 Å². The van der Waals surface area contributed by atoms with Gasteiger partial charge in [-0.05, 0) is 44.1 Å². The lowest BCUT2D eigenvalue weighted by Gasteiger charge is -2.18. The molecule has 0 bridgehead atoms. The van der Waals surface area contributed by atoms with Crippen molar-refractivity contribution in [3.8, 4) is 0 Å². The standard InChI is InChI=1S/C13H16ClF3N2O2S.ClH/c1-18-7-9-4-5-19(8-9)22(20,21)12-6-10(13(15,16)17)2-3-11(12)14;/h2-3,6,9,18H,4-5,7-8H2,1H3;1H. The summed E-state index contributed by atoms with van der Waals surface area (Å²) in [5.74, 6) is 0.143. The van der Waals surface area contributed by atoms with E-state index in [2.05, 4.69) is 5.32 Å². The van der Waals surface area contributed by atoms with E-state index >= 15 is 0 Å². The zero-order chi connectivity index (χ0) is 16.5. The van der Waals surface area contributed by atoms with Crippen molar-refractivity contribution in [2.24, 2.45) is 5.92 Å². The molecule has 1 fully saturated rings. The number of halogens is 5. The maximum atomic E-state index is 12.8. The quantitative estimate of drug-likeness (QED) is 0.856. The molecule has 1 aliphatic heterocycles. The summed E-state index contributed by atoms with van der Waals surface area (Å²) in [6, 6.07) is 2.34. The SMILES string of the molecule is CNCC1CCN(S(=O)(=O)c2cc(C(F)(F)F)ccc2Cl)C1.Cl. The molecule has 1 aromatic rings. The summed E-state index contributed by atoms with van der Waals surface area (Å²) in [5.41, 5.74) is -1.03. The largest absolute Gasteiger partial charge is 0.416 e. The topological polar surface area (TPSA) is 49.4 Å². The second-order valence-electron chi connectivity index (χ2n) is 5.22. The molecule has 1 saturated heterocycles. The molecular weight excluding hydrogens is 376 g/mol. The van der Waals surface area contributed by atoms with Crippen LogP contribution >= 0.6 is 24.0 Å². The lowest BCUT2D eigenvalue weighted by Crippen LogP contribution is -2.30. The molecule has 10 heteroatoms. The summed E-state index contributed by atoms with van der Waals surface area (Å²) < 4.78 is 64.6. The Balaban J connectivity index is 0.00000264. The smallest absolute Gasteiger partial charge is 0.319 e. The zero-order valence-corrected chi connectivity index (χ0v) is 14.6. The minimum atomic E-state index is -4.62. The molecule has 0 radical (unpaired) electrons. The van der Waals surface area contributed by atoms with E-state index in [1.54, 1.807) is 7.05 Å². The van der Waals surface area contributed by atoms with E-state index in [1.807, 2.05) is 0 Å². The zero-order valence-electron chi connectivity index (χ0n) is 12.2. The number of sulfonamides is 1. The third-order valence-electron chi connectivity index (χ3n) is 3.62. The Hall–Kier alpha value is -0.540. The molecule has 0 amide bonds. The monoisotopic (exact) mass is 392 g/mol. The lowest BCUT2D eigenvalue weighted by molar-refractivity contribution is -0.137. The van der Waals surface area contributed by atoms with Crippen molar-refractivity contribution in [3.63, 3.8) is 0 Å². The third kappa shape index (κ3) is 4.51. The Morgan fingerprint density at radius 2 is 2.04 bits per heavy atom. The van der Waals surface area contributed by atoms with Crippen molar-refractivity contribution < 1.29 is 21.6 Å². The van der Waals surface area contributed by atoms with Gasteiger partial charge in [-0.1, -0.05) is 11.6 Å². The van der Waals surface area contributed by atoms with Gasteiger partial charge in [0.25, 0.3) is 0 Å². The number of hydrogen-bond acceptors (Lipinski definition) is 3. The molecule has 1 heterocycles. The van der Waals surface area contributed by atoms with Crippen molar-refractivity contribution in [2.45, 2.75) is 17.5 Å². The van der Waals surface area contributed by atoms with Crippen molar-refractivity contribution in [3.05, 3.63) is 28.8 Å². The number of nitrogens with one attached hydrogen (secondary N) is 1. The first kappa shape index (κ1) is 20.5. The maximum Gasteiger partial charge on any atom is 0.416 e. The second-order valence-corrected chi connectivity index (χ2v) is 7.53. The van der Waals surface area contributed by atoms with Gasteiger partial charge in [0.1, 0.15) is 4.90 Å². The summed E-state index contributed by atoms with van der Waals surface area (Å²) in [5, 5.41) is 2.76. The van der Waals surface area contributed by atoms with Gasteiger partial charge in [0.05, 0.1) is 10.6 Å². The maximum absolute atomic E-state index is 12.8. The first-order valence-corrected chi connectivity index (χ1v) is 8.49. The van der Waals surface area contributed by atoms with Gasteiger partial charge in [-0.25, -0.2) is 8.42 Å². The van der Waals surface area contributed by atoms with Gasteiger partial charge >= 0.3 is 6.18 Å². The molecule has 0 saturated carbocycles. The van der Waals surface area contributed by atoms with Crippen LogP contribution in [0.5, 0.6) is 0 Å². The molecular formula is C13H17Cl2F3N2O2S. The van der Waals surface area contributed by atoms with Crippen molar-refractivity contribution in [1.29, 1.82) is 0 Å². The van der Waals surface area contributed by atoms with Gasteiger partial charge in [0.15, 0.2) is 0 Å². The molecule has 23 heavy (non-hydrogen) atoms. The van der Waals surface area contributed by atoms with E-state index < -0.39 is 26.7 Å². The molecule has 1 unspecified atom stereocenters. The van der Waals surface area contributed by atoms with Gasteiger partial charge in [-0.3, -0.25) is 0 Å². The van der Waals surface area contributed by atoms with Crippen LogP contribution in [0.3, 0.4) is 0 Å². The van der Waals surface area contributed by atoms with Crippen molar-refractivity contribution >= 4 is 34.0 Å². The van der Waals surface area contributed by atoms with Crippen LogP contribution < -0.4 is 5.32 Å². The number of benzene rings is 1. The van der Waals surface area contributed by atoms with Crippen LogP contribution in [0.15, 0.2) is 23.1 Å². The molecule has 1 N–H and O–H groups in total. The highest BCUT2D eigenvalue weighted by atomic mass is 35.5. The highest BCUT2D eigenvalue weighted by Crippen LogP contribution is 2.35. The van der Waals surface area contributed by atoms with Gasteiger partial charge in [-0.15, -0.1) is 12.4 Å². The summed E-state index contributed by atoms with van der Waals surface area (Å²) >= 11 is 5.82. The Kier molecular flexibility index (Phi) is 6.74. The van der Waals surface area contributed by atoms with E-state index in [4.69, 9.17) is 11.6 Å². The summed E-state index contributed by atoms with van der Waals surface area (Å²) in [7, 11) is -2.27. The minimum Gasteiger partial charge on any atom is -0.319 e. The first-order chi connectivity index (χ1) is 10.2. The molecule has 2 rings (SSSR count). The fraction of sp³-hybridized carbons (Fsp3) is 0.538. The molecule has 0 aromatic heterocycles. The average molecular weight is 393 g/mol. The molecule has 1 aromatic carbocycles. The predicted molar refractivity (Wildman–Crippen MR) is 84.5 cm³/mol. The molecule has 1 atom stereocenters. The lowest BCUT2D eigenvalue weighted by atomic mass is 10.1. The van der Waals surface area contributed by atoms with Crippen LogP contribution in [-0.4, -0.2) is 39.4 Å². The number of nitrogens with zero attached hydrogens (tertiary/aromatic N) is 1. The van der Waals surface area contributed by atoms with Crippen LogP contribution in [0, 0.1) is 5.92 Å². The summed E-state index contributed by atoms with van der Waals surface area (Å²) in [6.07, 6.45) is -3.95. The second kappa shape index (κ2) is 7.57. The Labute approximate surface area is 144 Å². The van der Waals surface area contributed by atoms with Gasteiger partial charge in [0.2, 0.25) is 10.0 Å². The van der Waals surface area contributed by atoms with E-state index in [0.717, 1.165) is 12.1 Å². The Bertz CT molecular complexity index is 653. The van der Waals surface area contributed by atoms with Gasteiger partial charge in [-0.2, -0.15) is 17.5 Å². The van der Waals surface area contributed by atoms with Gasteiger partial charge in [0, 0.05) is 13.1 Å². The molecule has 1 aliphatic rings. The van der Waals surface area contributed by atoms with Gasteiger partial charge < -0.3 is 5.32 Å². The predicted octanol–water partition coefficient (Wildman–Crippen LogP) is 3.01. The average Bonchev–Trinajstić information content (AvgIpc) is 2.87.